The Morgan fingerprint density at radius 1 is 1.17 bits per heavy atom. The lowest BCUT2D eigenvalue weighted by molar-refractivity contribution is -0.120. The lowest BCUT2D eigenvalue weighted by atomic mass is 10.2. The molecule has 2 amide bonds. The molecule has 0 saturated carbocycles. The van der Waals surface area contributed by atoms with Crippen LogP contribution in [0.25, 0.3) is 0 Å². The minimum absolute atomic E-state index is 0.148. The summed E-state index contributed by atoms with van der Waals surface area (Å²) in [5.41, 5.74) is 3.36. The fraction of sp³-hybridized carbons (Fsp3) is 0.118. The van der Waals surface area contributed by atoms with Crippen LogP contribution in [0.4, 0.5) is 0 Å². The molecule has 0 aliphatic carbocycles. The van der Waals surface area contributed by atoms with Gasteiger partial charge >= 0.3 is 0 Å². The first-order valence-corrected chi connectivity index (χ1v) is 7.12. The molecule has 7 nitrogen and oxygen atoms in total. The van der Waals surface area contributed by atoms with Crippen molar-refractivity contribution < 1.29 is 19.4 Å². The maximum atomic E-state index is 12.0. The van der Waals surface area contributed by atoms with Crippen LogP contribution in [0.3, 0.4) is 0 Å². The summed E-state index contributed by atoms with van der Waals surface area (Å²) in [6.07, 6.45) is 1.43. The van der Waals surface area contributed by atoms with Crippen LogP contribution in [0, 0.1) is 0 Å². The Kier molecular flexibility index (Phi) is 5.90. The fourth-order valence-electron chi connectivity index (χ4n) is 1.87. The van der Waals surface area contributed by atoms with E-state index in [9.17, 15) is 9.59 Å². The minimum Gasteiger partial charge on any atom is -0.508 e. The molecule has 0 aromatic heterocycles. The van der Waals surface area contributed by atoms with Gasteiger partial charge in [0.1, 0.15) is 11.5 Å². The van der Waals surface area contributed by atoms with E-state index in [4.69, 9.17) is 9.84 Å². The highest BCUT2D eigenvalue weighted by molar-refractivity contribution is 5.98. The number of benzene rings is 2. The molecule has 2 aromatic carbocycles. The Bertz CT molecular complexity index is 742. The zero-order valence-electron chi connectivity index (χ0n) is 13.0. The lowest BCUT2D eigenvalue weighted by Gasteiger charge is -2.08. The molecule has 0 saturated heterocycles. The number of aromatic hydroxyl groups is 1. The highest BCUT2D eigenvalue weighted by Gasteiger charge is 2.12. The molecule has 3 N–H and O–H groups in total. The van der Waals surface area contributed by atoms with E-state index in [2.05, 4.69) is 15.8 Å². The van der Waals surface area contributed by atoms with Crippen LogP contribution < -0.4 is 15.5 Å². The summed E-state index contributed by atoms with van der Waals surface area (Å²) in [5.74, 6) is -0.297. The summed E-state index contributed by atoms with van der Waals surface area (Å²) in [6.45, 7) is -0.218. The second-order valence-corrected chi connectivity index (χ2v) is 4.77. The second-order valence-electron chi connectivity index (χ2n) is 4.77. The number of hydrazone groups is 1. The summed E-state index contributed by atoms with van der Waals surface area (Å²) in [5, 5.41) is 15.4. The van der Waals surface area contributed by atoms with Crippen molar-refractivity contribution in [1.82, 2.24) is 10.7 Å². The lowest BCUT2D eigenvalue weighted by Crippen LogP contribution is -2.35. The predicted molar refractivity (Wildman–Crippen MR) is 89.2 cm³/mol. The van der Waals surface area contributed by atoms with E-state index in [1.165, 1.54) is 25.5 Å². The number of hydrogen-bond donors (Lipinski definition) is 3. The first-order chi connectivity index (χ1) is 11.6. The van der Waals surface area contributed by atoms with Crippen molar-refractivity contribution in [1.29, 1.82) is 0 Å². The van der Waals surface area contributed by atoms with E-state index in [0.29, 0.717) is 16.9 Å². The standard InChI is InChI=1S/C17H17N3O4/c1-24-15-5-3-2-4-14(15)17(23)18-11-16(22)20-19-10-12-6-8-13(21)9-7-12/h2-10,21H,11H2,1H3,(H,18,23)(H,20,22)/b19-10+. The molecule has 0 fully saturated rings. The normalized spacial score (nSPS) is 10.4. The van der Waals surface area contributed by atoms with Crippen LogP contribution in [0.5, 0.6) is 11.5 Å². The van der Waals surface area contributed by atoms with Gasteiger partial charge in [-0.1, -0.05) is 12.1 Å². The molecular formula is C17H17N3O4. The van der Waals surface area contributed by atoms with E-state index in [1.807, 2.05) is 0 Å². The molecule has 2 aromatic rings. The molecule has 0 unspecified atom stereocenters. The molecule has 0 bridgehead atoms. The topological polar surface area (TPSA) is 100 Å². The third-order valence-corrected chi connectivity index (χ3v) is 3.06. The van der Waals surface area contributed by atoms with E-state index < -0.39 is 11.8 Å². The van der Waals surface area contributed by atoms with Gasteiger partial charge in [0.2, 0.25) is 0 Å². The van der Waals surface area contributed by atoms with Crippen molar-refractivity contribution in [3.8, 4) is 11.5 Å². The van der Waals surface area contributed by atoms with E-state index in [1.54, 1.807) is 36.4 Å². The van der Waals surface area contributed by atoms with Gasteiger partial charge in [0.15, 0.2) is 0 Å². The summed E-state index contributed by atoms with van der Waals surface area (Å²) in [4.78, 5) is 23.7. The number of amides is 2. The van der Waals surface area contributed by atoms with Gasteiger partial charge in [-0.25, -0.2) is 5.43 Å². The number of ether oxygens (including phenoxy) is 1. The Balaban J connectivity index is 1.82. The molecule has 24 heavy (non-hydrogen) atoms. The summed E-state index contributed by atoms with van der Waals surface area (Å²) in [7, 11) is 1.47. The highest BCUT2D eigenvalue weighted by atomic mass is 16.5. The van der Waals surface area contributed by atoms with Crippen LogP contribution in [0.2, 0.25) is 0 Å². The zero-order chi connectivity index (χ0) is 17.4. The van der Waals surface area contributed by atoms with Crippen LogP contribution in [0.15, 0.2) is 53.6 Å². The molecule has 7 heteroatoms. The molecule has 0 aliphatic heterocycles. The number of nitrogens with one attached hydrogen (secondary N) is 2. The van der Waals surface area contributed by atoms with Crippen LogP contribution in [-0.2, 0) is 4.79 Å². The van der Waals surface area contributed by atoms with Crippen LogP contribution in [-0.4, -0.2) is 36.8 Å². The van der Waals surface area contributed by atoms with Gasteiger partial charge < -0.3 is 15.2 Å². The average Bonchev–Trinajstić information content (AvgIpc) is 2.61. The van der Waals surface area contributed by atoms with Crippen molar-refractivity contribution in [2.75, 3.05) is 13.7 Å². The minimum atomic E-state index is -0.465. The highest BCUT2D eigenvalue weighted by Crippen LogP contribution is 2.16. The monoisotopic (exact) mass is 327 g/mol. The van der Waals surface area contributed by atoms with Gasteiger partial charge in [-0.05, 0) is 42.0 Å². The number of carbonyl (C=O) groups is 2. The number of phenols is 1. The molecular weight excluding hydrogens is 310 g/mol. The van der Waals surface area contributed by atoms with Gasteiger partial charge in [0, 0.05) is 0 Å². The quantitative estimate of drug-likeness (QED) is 0.549. The number of hydrogen-bond acceptors (Lipinski definition) is 5. The van der Waals surface area contributed by atoms with Crippen LogP contribution in [0.1, 0.15) is 15.9 Å². The summed E-state index contributed by atoms with van der Waals surface area (Å²) >= 11 is 0. The number of phenolic OH excluding ortho intramolecular Hbond substituents is 1. The average molecular weight is 327 g/mol. The largest absolute Gasteiger partial charge is 0.508 e. The number of nitrogens with zero attached hydrogens (tertiary/aromatic N) is 1. The number of para-hydroxylation sites is 1. The van der Waals surface area contributed by atoms with Crippen molar-refractivity contribution in [2.24, 2.45) is 5.10 Å². The smallest absolute Gasteiger partial charge is 0.259 e. The van der Waals surface area contributed by atoms with Crippen molar-refractivity contribution in [3.63, 3.8) is 0 Å². The predicted octanol–water partition coefficient (Wildman–Crippen LogP) is 1.28. The van der Waals surface area contributed by atoms with Gasteiger partial charge in [0.05, 0.1) is 25.4 Å². The third-order valence-electron chi connectivity index (χ3n) is 3.06. The first kappa shape index (κ1) is 17.0. The van der Waals surface area contributed by atoms with E-state index >= 15 is 0 Å². The van der Waals surface area contributed by atoms with Crippen molar-refractivity contribution >= 4 is 18.0 Å². The number of rotatable bonds is 6. The SMILES string of the molecule is COc1ccccc1C(=O)NCC(=O)N/N=C/c1ccc(O)cc1. The molecule has 0 atom stereocenters. The molecule has 0 radical (unpaired) electrons. The van der Waals surface area contributed by atoms with E-state index in [-0.39, 0.29) is 12.3 Å². The Morgan fingerprint density at radius 2 is 1.88 bits per heavy atom. The summed E-state index contributed by atoms with van der Waals surface area (Å²) < 4.78 is 5.09. The van der Waals surface area contributed by atoms with Gasteiger partial charge in [-0.3, -0.25) is 9.59 Å². The van der Waals surface area contributed by atoms with Crippen molar-refractivity contribution in [2.45, 2.75) is 0 Å². The molecule has 0 spiro atoms. The maximum absolute atomic E-state index is 12.0. The second kappa shape index (κ2) is 8.33. The fourth-order valence-corrected chi connectivity index (χ4v) is 1.87. The first-order valence-electron chi connectivity index (χ1n) is 7.12. The number of carbonyl (C=O) groups excluding carboxylic acids is 2. The van der Waals surface area contributed by atoms with Gasteiger partial charge in [-0.2, -0.15) is 5.10 Å². The van der Waals surface area contributed by atoms with Crippen molar-refractivity contribution in [3.05, 3.63) is 59.7 Å². The van der Waals surface area contributed by atoms with E-state index in [0.717, 1.165) is 0 Å². The van der Waals surface area contributed by atoms with Gasteiger partial charge in [0.25, 0.3) is 11.8 Å². The third kappa shape index (κ3) is 4.84. The van der Waals surface area contributed by atoms with Gasteiger partial charge in [-0.15, -0.1) is 0 Å². The maximum Gasteiger partial charge on any atom is 0.259 e. The van der Waals surface area contributed by atoms with Crippen LogP contribution >= 0.6 is 0 Å². The molecule has 2 rings (SSSR count). The summed E-state index contributed by atoms with van der Waals surface area (Å²) in [6, 6.07) is 13.0. The zero-order valence-corrected chi connectivity index (χ0v) is 13.0. The molecule has 0 aliphatic rings. The molecule has 0 heterocycles. The number of methoxy groups -OCH3 is 1. The Hall–Kier alpha value is -3.35. The Morgan fingerprint density at radius 3 is 2.58 bits per heavy atom. The Labute approximate surface area is 139 Å². The molecule has 124 valence electrons.